The number of nitrogens with zero attached hydrogens (tertiary/aromatic N) is 1. The van der Waals surface area contributed by atoms with Crippen LogP contribution in [0, 0.1) is 5.92 Å². The highest BCUT2D eigenvalue weighted by molar-refractivity contribution is 6.06. The molecule has 116 valence electrons. The molecular weight excluding hydrogens is 274 g/mol. The lowest BCUT2D eigenvalue weighted by molar-refractivity contribution is 0.0988. The van der Waals surface area contributed by atoms with E-state index in [1.165, 1.54) is 0 Å². The first-order valence-corrected chi connectivity index (χ1v) is 7.71. The van der Waals surface area contributed by atoms with Crippen LogP contribution in [0.15, 0.2) is 54.6 Å². The molecule has 0 unspecified atom stereocenters. The Kier molecular flexibility index (Phi) is 5.59. The van der Waals surface area contributed by atoms with Gasteiger partial charge in [0.1, 0.15) is 5.75 Å². The molecule has 0 spiro atoms. The molecule has 0 N–H and O–H groups in total. The van der Waals surface area contributed by atoms with Crippen LogP contribution < -0.4 is 9.64 Å². The first-order valence-electron chi connectivity index (χ1n) is 7.71. The van der Waals surface area contributed by atoms with Crippen LogP contribution in [-0.2, 0) is 0 Å². The summed E-state index contributed by atoms with van der Waals surface area (Å²) >= 11 is 0. The summed E-state index contributed by atoms with van der Waals surface area (Å²) in [6, 6.07) is 17.1. The van der Waals surface area contributed by atoms with Crippen LogP contribution in [0.4, 0.5) is 5.69 Å². The van der Waals surface area contributed by atoms with Gasteiger partial charge in [-0.1, -0.05) is 38.1 Å². The summed E-state index contributed by atoms with van der Waals surface area (Å²) in [5, 5.41) is 0. The lowest BCUT2D eigenvalue weighted by atomic mass is 10.1. The summed E-state index contributed by atoms with van der Waals surface area (Å²) in [6.07, 6.45) is 0. The van der Waals surface area contributed by atoms with Crippen molar-refractivity contribution in [1.29, 1.82) is 0 Å². The Balaban J connectivity index is 2.19. The van der Waals surface area contributed by atoms with Crippen LogP contribution in [0.25, 0.3) is 0 Å². The van der Waals surface area contributed by atoms with Crippen molar-refractivity contribution in [2.75, 3.05) is 18.1 Å². The average Bonchev–Trinajstić information content (AvgIpc) is 2.55. The first kappa shape index (κ1) is 16.1. The topological polar surface area (TPSA) is 29.5 Å². The number of benzene rings is 2. The summed E-state index contributed by atoms with van der Waals surface area (Å²) in [7, 11) is 0. The normalized spacial score (nSPS) is 10.5. The quantitative estimate of drug-likeness (QED) is 0.791. The maximum Gasteiger partial charge on any atom is 0.258 e. The van der Waals surface area contributed by atoms with Crippen molar-refractivity contribution in [2.24, 2.45) is 5.92 Å². The van der Waals surface area contributed by atoms with Gasteiger partial charge >= 0.3 is 0 Å². The minimum atomic E-state index is -0.0105. The molecule has 0 atom stereocenters. The molecule has 3 heteroatoms. The van der Waals surface area contributed by atoms with Crippen molar-refractivity contribution in [3.63, 3.8) is 0 Å². The van der Waals surface area contributed by atoms with E-state index in [-0.39, 0.29) is 5.91 Å². The van der Waals surface area contributed by atoms with Crippen LogP contribution >= 0.6 is 0 Å². The number of carbonyl (C=O) groups excluding carboxylic acids is 1. The van der Waals surface area contributed by atoms with Gasteiger partial charge in [-0.15, -0.1) is 0 Å². The van der Waals surface area contributed by atoms with Crippen molar-refractivity contribution in [1.82, 2.24) is 0 Å². The predicted octanol–water partition coefficient (Wildman–Crippen LogP) is 4.39. The van der Waals surface area contributed by atoms with Gasteiger partial charge in [-0.2, -0.15) is 0 Å². The SMILES string of the molecule is CCN(C(=O)c1cccc(OCC(C)C)c1)c1ccccc1. The van der Waals surface area contributed by atoms with Crippen molar-refractivity contribution >= 4 is 11.6 Å². The molecule has 0 aromatic heterocycles. The molecule has 1 amide bonds. The molecule has 3 nitrogen and oxygen atoms in total. The number of amides is 1. The van der Waals surface area contributed by atoms with Crippen LogP contribution in [0.5, 0.6) is 5.75 Å². The molecule has 2 aromatic carbocycles. The second-order valence-corrected chi connectivity index (χ2v) is 5.62. The number of hydrogen-bond acceptors (Lipinski definition) is 2. The van der Waals surface area contributed by atoms with Gasteiger partial charge in [0.2, 0.25) is 0 Å². The molecule has 0 aliphatic carbocycles. The average molecular weight is 297 g/mol. The molecule has 0 aliphatic heterocycles. The van der Waals surface area contributed by atoms with Gasteiger partial charge in [0, 0.05) is 17.8 Å². The Morgan fingerprint density at radius 1 is 1.09 bits per heavy atom. The van der Waals surface area contributed by atoms with Crippen molar-refractivity contribution in [3.8, 4) is 5.75 Å². The first-order chi connectivity index (χ1) is 10.6. The summed E-state index contributed by atoms with van der Waals surface area (Å²) in [4.78, 5) is 14.5. The minimum Gasteiger partial charge on any atom is -0.493 e. The van der Waals surface area contributed by atoms with Crippen molar-refractivity contribution in [2.45, 2.75) is 20.8 Å². The molecule has 22 heavy (non-hydrogen) atoms. The summed E-state index contributed by atoms with van der Waals surface area (Å²) < 4.78 is 5.71. The lowest BCUT2D eigenvalue weighted by Gasteiger charge is -2.21. The van der Waals surface area contributed by atoms with E-state index >= 15 is 0 Å². The van der Waals surface area contributed by atoms with Gasteiger partial charge in [-0.25, -0.2) is 0 Å². The Morgan fingerprint density at radius 2 is 1.82 bits per heavy atom. The second kappa shape index (κ2) is 7.64. The summed E-state index contributed by atoms with van der Waals surface area (Å²) in [6.45, 7) is 7.45. The zero-order chi connectivity index (χ0) is 15.9. The van der Waals surface area contributed by atoms with Gasteiger partial charge in [0.05, 0.1) is 6.61 Å². The van der Waals surface area contributed by atoms with Crippen LogP contribution in [-0.4, -0.2) is 19.1 Å². The van der Waals surface area contributed by atoms with E-state index in [9.17, 15) is 4.79 Å². The maximum atomic E-state index is 12.7. The fraction of sp³-hybridized carbons (Fsp3) is 0.316. The van der Waals surface area contributed by atoms with Crippen molar-refractivity contribution in [3.05, 3.63) is 60.2 Å². The third-order valence-electron chi connectivity index (χ3n) is 3.29. The van der Waals surface area contributed by atoms with Crippen molar-refractivity contribution < 1.29 is 9.53 Å². The number of carbonyl (C=O) groups is 1. The molecule has 0 fully saturated rings. The molecular formula is C19H23NO2. The second-order valence-electron chi connectivity index (χ2n) is 5.62. The van der Waals surface area contributed by atoms with Crippen LogP contribution in [0.3, 0.4) is 0 Å². The number of rotatable bonds is 6. The number of anilines is 1. The van der Waals surface area contributed by atoms with E-state index in [2.05, 4.69) is 13.8 Å². The minimum absolute atomic E-state index is 0.0105. The van der Waals surface area contributed by atoms with E-state index < -0.39 is 0 Å². The van der Waals surface area contributed by atoms with Crippen LogP contribution in [0.1, 0.15) is 31.1 Å². The fourth-order valence-corrected chi connectivity index (χ4v) is 2.19. The van der Waals surface area contributed by atoms with Crippen LogP contribution in [0.2, 0.25) is 0 Å². The molecule has 0 heterocycles. The molecule has 0 aliphatic rings. The Labute approximate surface area is 132 Å². The van der Waals surface area contributed by atoms with E-state index in [0.717, 1.165) is 11.4 Å². The molecule has 2 aromatic rings. The van der Waals surface area contributed by atoms with E-state index in [4.69, 9.17) is 4.74 Å². The third kappa shape index (κ3) is 4.10. The van der Waals surface area contributed by atoms with Gasteiger partial charge in [-0.05, 0) is 43.2 Å². The smallest absolute Gasteiger partial charge is 0.258 e. The van der Waals surface area contributed by atoms with Gasteiger partial charge in [0.25, 0.3) is 5.91 Å². The fourth-order valence-electron chi connectivity index (χ4n) is 2.19. The zero-order valence-corrected chi connectivity index (χ0v) is 13.5. The van der Waals surface area contributed by atoms with E-state index in [1.54, 1.807) is 4.90 Å². The maximum absolute atomic E-state index is 12.7. The largest absolute Gasteiger partial charge is 0.493 e. The lowest BCUT2D eigenvalue weighted by Crippen LogP contribution is -2.30. The number of hydrogen-bond donors (Lipinski definition) is 0. The van der Waals surface area contributed by atoms with Gasteiger partial charge < -0.3 is 9.64 Å². The highest BCUT2D eigenvalue weighted by Gasteiger charge is 2.16. The number of para-hydroxylation sites is 1. The predicted molar refractivity (Wildman–Crippen MR) is 90.6 cm³/mol. The summed E-state index contributed by atoms with van der Waals surface area (Å²) in [5.74, 6) is 1.18. The van der Waals surface area contributed by atoms with E-state index in [1.807, 2.05) is 61.5 Å². The Bertz CT molecular complexity index is 608. The Hall–Kier alpha value is -2.29. The molecule has 0 bridgehead atoms. The number of ether oxygens (including phenoxy) is 1. The van der Waals surface area contributed by atoms with Gasteiger partial charge in [0.15, 0.2) is 0 Å². The third-order valence-corrected chi connectivity index (χ3v) is 3.29. The highest BCUT2D eigenvalue weighted by Crippen LogP contribution is 2.20. The van der Waals surface area contributed by atoms with Gasteiger partial charge in [-0.3, -0.25) is 4.79 Å². The van der Waals surface area contributed by atoms with E-state index in [0.29, 0.717) is 24.6 Å². The monoisotopic (exact) mass is 297 g/mol. The zero-order valence-electron chi connectivity index (χ0n) is 13.5. The molecule has 0 radical (unpaired) electrons. The molecule has 2 rings (SSSR count). The molecule has 0 saturated heterocycles. The summed E-state index contributed by atoms with van der Waals surface area (Å²) in [5.41, 5.74) is 1.55. The molecule has 0 saturated carbocycles. The Morgan fingerprint density at radius 3 is 2.45 bits per heavy atom. The highest BCUT2D eigenvalue weighted by atomic mass is 16.5. The standard InChI is InChI=1S/C19H23NO2/c1-4-20(17-10-6-5-7-11-17)19(21)16-9-8-12-18(13-16)22-14-15(2)3/h5-13,15H,4,14H2,1-3H3.